The number of carboxylic acids is 1. The number of ether oxygens (including phenoxy) is 1. The number of nitrogens with one attached hydrogen (secondary N) is 1. The molecule has 1 aromatic rings. The average Bonchev–Trinajstić information content (AvgIpc) is 3.03. The van der Waals surface area contributed by atoms with Gasteiger partial charge < -0.3 is 15.2 Å². The van der Waals surface area contributed by atoms with Gasteiger partial charge in [-0.25, -0.2) is 0 Å². The molecular formula is C17H23NO4. The molecular weight excluding hydrogens is 282 g/mol. The van der Waals surface area contributed by atoms with Gasteiger partial charge in [0.25, 0.3) is 0 Å². The molecule has 22 heavy (non-hydrogen) atoms. The number of carbonyl (C=O) groups excluding carboxylic acids is 1. The maximum Gasteiger partial charge on any atom is 0.303 e. The largest absolute Gasteiger partial charge is 0.481 e. The Morgan fingerprint density at radius 3 is 2.68 bits per heavy atom. The third-order valence-electron chi connectivity index (χ3n) is 3.90. The van der Waals surface area contributed by atoms with Crippen molar-refractivity contribution in [3.63, 3.8) is 0 Å². The van der Waals surface area contributed by atoms with E-state index < -0.39 is 5.97 Å². The van der Waals surface area contributed by atoms with Crippen LogP contribution >= 0.6 is 0 Å². The first-order valence-corrected chi connectivity index (χ1v) is 7.83. The molecule has 5 nitrogen and oxygen atoms in total. The predicted molar refractivity (Wildman–Crippen MR) is 82.4 cm³/mol. The normalized spacial score (nSPS) is 18.8. The fourth-order valence-electron chi connectivity index (χ4n) is 2.71. The van der Waals surface area contributed by atoms with Gasteiger partial charge >= 0.3 is 5.97 Å². The number of rotatable bonds is 8. The van der Waals surface area contributed by atoms with Gasteiger partial charge in [0, 0.05) is 19.4 Å². The highest BCUT2D eigenvalue weighted by Crippen LogP contribution is 2.20. The summed E-state index contributed by atoms with van der Waals surface area (Å²) in [4.78, 5) is 22.9. The topological polar surface area (TPSA) is 75.6 Å². The number of hydrogen-bond acceptors (Lipinski definition) is 3. The molecule has 1 aliphatic rings. The fraction of sp³-hybridized carbons (Fsp3) is 0.529. The van der Waals surface area contributed by atoms with Crippen LogP contribution in [0.5, 0.6) is 0 Å². The lowest BCUT2D eigenvalue weighted by atomic mass is 10.0. The summed E-state index contributed by atoms with van der Waals surface area (Å²) in [7, 11) is 0. The highest BCUT2D eigenvalue weighted by atomic mass is 16.5. The number of carboxylic acid groups (broad SMARTS) is 1. The molecule has 0 spiro atoms. The van der Waals surface area contributed by atoms with E-state index in [4.69, 9.17) is 9.84 Å². The van der Waals surface area contributed by atoms with Crippen LogP contribution in [0, 0.1) is 0 Å². The Balaban J connectivity index is 1.87. The molecule has 2 N–H and O–H groups in total. The number of hydrogen-bond donors (Lipinski definition) is 2. The molecule has 0 saturated carbocycles. The maximum absolute atomic E-state index is 12.1. The summed E-state index contributed by atoms with van der Waals surface area (Å²) >= 11 is 0. The Hall–Kier alpha value is -1.88. The second-order valence-electron chi connectivity index (χ2n) is 5.64. The van der Waals surface area contributed by atoms with Crippen molar-refractivity contribution in [2.75, 3.05) is 6.61 Å². The van der Waals surface area contributed by atoms with Crippen LogP contribution in [0.3, 0.4) is 0 Å². The summed E-state index contributed by atoms with van der Waals surface area (Å²) in [5.41, 5.74) is 0.939. The van der Waals surface area contributed by atoms with E-state index in [9.17, 15) is 9.59 Å². The van der Waals surface area contributed by atoms with Crippen molar-refractivity contribution in [2.45, 2.75) is 50.7 Å². The molecule has 2 unspecified atom stereocenters. The molecule has 0 bridgehead atoms. The Morgan fingerprint density at radius 1 is 1.27 bits per heavy atom. The van der Waals surface area contributed by atoms with Crippen molar-refractivity contribution in [1.82, 2.24) is 5.32 Å². The number of aliphatic carboxylic acids is 1. The molecule has 5 heteroatoms. The molecule has 1 aliphatic heterocycles. The van der Waals surface area contributed by atoms with Crippen LogP contribution < -0.4 is 5.32 Å². The van der Waals surface area contributed by atoms with Crippen molar-refractivity contribution in [3.05, 3.63) is 35.9 Å². The predicted octanol–water partition coefficient (Wildman–Crippen LogP) is 2.67. The zero-order valence-electron chi connectivity index (χ0n) is 12.7. The van der Waals surface area contributed by atoms with Crippen LogP contribution in [-0.4, -0.2) is 29.7 Å². The number of carbonyl (C=O) groups is 2. The molecule has 1 saturated heterocycles. The number of benzene rings is 1. The Bertz CT molecular complexity index is 483. The summed E-state index contributed by atoms with van der Waals surface area (Å²) in [6.45, 7) is 0.789. The highest BCUT2D eigenvalue weighted by molar-refractivity contribution is 5.76. The summed E-state index contributed by atoms with van der Waals surface area (Å²) in [5.74, 6) is -0.899. The Labute approximate surface area is 130 Å². The van der Waals surface area contributed by atoms with E-state index >= 15 is 0 Å². The molecule has 1 amide bonds. The van der Waals surface area contributed by atoms with E-state index in [0.717, 1.165) is 31.4 Å². The smallest absolute Gasteiger partial charge is 0.303 e. The van der Waals surface area contributed by atoms with Crippen molar-refractivity contribution < 1.29 is 19.4 Å². The van der Waals surface area contributed by atoms with Crippen molar-refractivity contribution in [3.8, 4) is 0 Å². The van der Waals surface area contributed by atoms with Gasteiger partial charge in [0.15, 0.2) is 0 Å². The van der Waals surface area contributed by atoms with Crippen molar-refractivity contribution in [2.24, 2.45) is 0 Å². The van der Waals surface area contributed by atoms with Gasteiger partial charge in [0.1, 0.15) is 0 Å². The zero-order chi connectivity index (χ0) is 15.8. The summed E-state index contributed by atoms with van der Waals surface area (Å²) in [5, 5.41) is 11.8. The van der Waals surface area contributed by atoms with E-state index in [1.807, 2.05) is 30.3 Å². The Morgan fingerprint density at radius 2 is 2.05 bits per heavy atom. The third-order valence-corrected chi connectivity index (χ3v) is 3.90. The van der Waals surface area contributed by atoms with Crippen LogP contribution in [-0.2, 0) is 14.3 Å². The minimum absolute atomic E-state index is 0.0333. The van der Waals surface area contributed by atoms with Crippen LogP contribution in [0.15, 0.2) is 30.3 Å². The Kier molecular flexibility index (Phi) is 6.40. The highest BCUT2D eigenvalue weighted by Gasteiger charge is 2.19. The molecule has 0 aromatic heterocycles. The third kappa shape index (κ3) is 5.48. The maximum atomic E-state index is 12.1. The second-order valence-corrected chi connectivity index (χ2v) is 5.64. The second kappa shape index (κ2) is 8.54. The summed E-state index contributed by atoms with van der Waals surface area (Å²) in [6, 6.07) is 9.24. The first kappa shape index (κ1) is 16.5. The van der Waals surface area contributed by atoms with Gasteiger partial charge in [0.2, 0.25) is 5.91 Å². The fourth-order valence-corrected chi connectivity index (χ4v) is 2.71. The first-order chi connectivity index (χ1) is 10.6. The number of amides is 1. The minimum atomic E-state index is -0.852. The van der Waals surface area contributed by atoms with E-state index in [2.05, 4.69) is 5.32 Å². The van der Waals surface area contributed by atoms with E-state index in [0.29, 0.717) is 12.8 Å². The van der Waals surface area contributed by atoms with Gasteiger partial charge in [0.05, 0.1) is 12.1 Å². The van der Waals surface area contributed by atoms with Crippen molar-refractivity contribution >= 4 is 11.9 Å². The first-order valence-electron chi connectivity index (χ1n) is 7.83. The molecule has 0 aliphatic carbocycles. The molecule has 2 atom stereocenters. The minimum Gasteiger partial charge on any atom is -0.481 e. The van der Waals surface area contributed by atoms with Crippen LogP contribution in [0.25, 0.3) is 0 Å². The van der Waals surface area contributed by atoms with Crippen LogP contribution in [0.2, 0.25) is 0 Å². The van der Waals surface area contributed by atoms with Gasteiger partial charge in [-0.1, -0.05) is 30.3 Å². The van der Waals surface area contributed by atoms with Gasteiger partial charge in [-0.05, 0) is 31.2 Å². The standard InChI is InChI=1S/C17H23NO4/c19-16(10-8-14-7-4-12-22-14)18-15(9-11-17(20)21)13-5-2-1-3-6-13/h1-3,5-6,14-15H,4,7-12H2,(H,18,19)(H,20,21). The molecule has 1 heterocycles. The molecule has 2 rings (SSSR count). The average molecular weight is 305 g/mol. The van der Waals surface area contributed by atoms with Gasteiger partial charge in [-0.15, -0.1) is 0 Å². The monoisotopic (exact) mass is 305 g/mol. The van der Waals surface area contributed by atoms with E-state index in [1.54, 1.807) is 0 Å². The molecule has 120 valence electrons. The quantitative estimate of drug-likeness (QED) is 0.774. The molecule has 1 fully saturated rings. The molecule has 0 radical (unpaired) electrons. The van der Waals surface area contributed by atoms with Gasteiger partial charge in [-0.3, -0.25) is 9.59 Å². The lowest BCUT2D eigenvalue weighted by Crippen LogP contribution is -2.29. The van der Waals surface area contributed by atoms with Crippen molar-refractivity contribution in [1.29, 1.82) is 0 Å². The van der Waals surface area contributed by atoms with Crippen LogP contribution in [0.4, 0.5) is 0 Å². The SMILES string of the molecule is O=C(O)CCC(NC(=O)CCC1CCCO1)c1ccccc1. The molecule has 1 aromatic carbocycles. The zero-order valence-corrected chi connectivity index (χ0v) is 12.7. The van der Waals surface area contributed by atoms with Crippen LogP contribution in [0.1, 0.15) is 50.1 Å². The van der Waals surface area contributed by atoms with Gasteiger partial charge in [-0.2, -0.15) is 0 Å². The lowest BCUT2D eigenvalue weighted by molar-refractivity contribution is -0.137. The summed E-state index contributed by atoms with van der Waals surface area (Å²) < 4.78 is 5.51. The van der Waals surface area contributed by atoms with E-state index in [-0.39, 0.29) is 24.5 Å². The summed E-state index contributed by atoms with van der Waals surface area (Å²) in [6.07, 6.45) is 3.86. The lowest BCUT2D eigenvalue weighted by Gasteiger charge is -2.19. The van der Waals surface area contributed by atoms with E-state index in [1.165, 1.54) is 0 Å².